The van der Waals surface area contributed by atoms with Crippen molar-refractivity contribution in [3.05, 3.63) is 82.9 Å². The number of amides is 1. The Balaban J connectivity index is 1.70. The van der Waals surface area contributed by atoms with Gasteiger partial charge in [-0.25, -0.2) is 13.4 Å². The predicted molar refractivity (Wildman–Crippen MR) is 132 cm³/mol. The molecule has 1 heterocycles. The first-order chi connectivity index (χ1) is 15.8. The van der Waals surface area contributed by atoms with Gasteiger partial charge in [-0.05, 0) is 35.4 Å². The van der Waals surface area contributed by atoms with E-state index in [2.05, 4.69) is 4.98 Å². The topological polar surface area (TPSA) is 76.6 Å². The summed E-state index contributed by atoms with van der Waals surface area (Å²) < 4.78 is 29.6. The molecule has 4 aromatic rings. The standard InChI is InChI=1S/C24H21ClN2O4S2/c1-31-20-13-12-19(25)23-22(20)26-24(32-23)27(15-17-6-4-3-5-7-17)21(28)14-16-8-10-18(11-9-16)33(2,29)30/h3-13H,14-15H2,1-2H3. The molecular formula is C24H21ClN2O4S2. The molecule has 6 nitrogen and oxygen atoms in total. The van der Waals surface area contributed by atoms with Crippen molar-refractivity contribution in [3.63, 3.8) is 0 Å². The number of carbonyl (C=O) groups is 1. The molecule has 0 saturated heterocycles. The van der Waals surface area contributed by atoms with Crippen LogP contribution in [-0.2, 0) is 27.6 Å². The van der Waals surface area contributed by atoms with Crippen LogP contribution in [0.4, 0.5) is 5.13 Å². The second kappa shape index (κ2) is 9.51. The van der Waals surface area contributed by atoms with E-state index in [9.17, 15) is 13.2 Å². The lowest BCUT2D eigenvalue weighted by atomic mass is 10.1. The Hall–Kier alpha value is -2.94. The van der Waals surface area contributed by atoms with Crippen LogP contribution >= 0.6 is 22.9 Å². The first kappa shape index (κ1) is 23.2. The molecule has 1 aromatic heterocycles. The van der Waals surface area contributed by atoms with E-state index in [1.165, 1.54) is 23.5 Å². The zero-order chi connectivity index (χ0) is 23.6. The minimum Gasteiger partial charge on any atom is -0.494 e. The van der Waals surface area contributed by atoms with Crippen LogP contribution in [0.15, 0.2) is 71.6 Å². The molecule has 0 radical (unpaired) electrons. The maximum Gasteiger partial charge on any atom is 0.233 e. The van der Waals surface area contributed by atoms with Crippen molar-refractivity contribution in [1.29, 1.82) is 0 Å². The molecule has 0 spiro atoms. The van der Waals surface area contributed by atoms with Gasteiger partial charge >= 0.3 is 0 Å². The van der Waals surface area contributed by atoms with Crippen molar-refractivity contribution in [1.82, 2.24) is 4.98 Å². The SMILES string of the molecule is COc1ccc(Cl)c2sc(N(Cc3ccccc3)C(=O)Cc3ccc(S(C)(=O)=O)cc3)nc12. The molecule has 3 aromatic carbocycles. The van der Waals surface area contributed by atoms with Crippen LogP contribution in [0.25, 0.3) is 10.2 Å². The molecule has 0 fully saturated rings. The van der Waals surface area contributed by atoms with Crippen molar-refractivity contribution in [3.8, 4) is 5.75 Å². The minimum absolute atomic E-state index is 0.0949. The van der Waals surface area contributed by atoms with Crippen LogP contribution < -0.4 is 9.64 Å². The summed E-state index contributed by atoms with van der Waals surface area (Å²) in [5.74, 6) is 0.417. The van der Waals surface area contributed by atoms with Gasteiger partial charge < -0.3 is 4.74 Å². The molecule has 0 bridgehead atoms. The van der Waals surface area contributed by atoms with Gasteiger partial charge in [0, 0.05) is 6.26 Å². The zero-order valence-corrected chi connectivity index (χ0v) is 20.4. The molecule has 33 heavy (non-hydrogen) atoms. The summed E-state index contributed by atoms with van der Waals surface area (Å²) in [6.07, 6.45) is 1.25. The molecule has 0 saturated carbocycles. The molecule has 0 N–H and O–H groups in total. The van der Waals surface area contributed by atoms with Gasteiger partial charge in [-0.3, -0.25) is 9.69 Å². The summed E-state index contributed by atoms with van der Waals surface area (Å²) in [5, 5.41) is 1.05. The fourth-order valence-electron chi connectivity index (χ4n) is 3.37. The van der Waals surface area contributed by atoms with E-state index in [-0.39, 0.29) is 17.2 Å². The third-order valence-corrected chi connectivity index (χ3v) is 7.76. The highest BCUT2D eigenvalue weighted by Gasteiger charge is 2.23. The van der Waals surface area contributed by atoms with E-state index in [0.29, 0.717) is 33.5 Å². The maximum atomic E-state index is 13.4. The number of anilines is 1. The van der Waals surface area contributed by atoms with Gasteiger partial charge in [-0.1, -0.05) is 65.4 Å². The van der Waals surface area contributed by atoms with Crippen LogP contribution in [0.1, 0.15) is 11.1 Å². The van der Waals surface area contributed by atoms with E-state index in [1.807, 2.05) is 30.3 Å². The number of carbonyl (C=O) groups excluding carboxylic acids is 1. The quantitative estimate of drug-likeness (QED) is 0.351. The fourth-order valence-corrected chi connectivity index (χ4v) is 5.28. The van der Waals surface area contributed by atoms with E-state index in [0.717, 1.165) is 16.5 Å². The lowest BCUT2D eigenvalue weighted by Crippen LogP contribution is -2.31. The normalized spacial score (nSPS) is 11.5. The Labute approximate surface area is 201 Å². The molecular weight excluding hydrogens is 480 g/mol. The average Bonchev–Trinajstić information content (AvgIpc) is 3.24. The second-order valence-electron chi connectivity index (χ2n) is 7.48. The Morgan fingerprint density at radius 1 is 1.03 bits per heavy atom. The summed E-state index contributed by atoms with van der Waals surface area (Å²) in [4.78, 5) is 20.0. The fraction of sp³-hybridized carbons (Fsp3) is 0.167. The number of hydrogen-bond donors (Lipinski definition) is 0. The number of benzene rings is 3. The number of ether oxygens (including phenoxy) is 1. The molecule has 170 valence electrons. The zero-order valence-electron chi connectivity index (χ0n) is 18.0. The predicted octanol–water partition coefficient (Wildman–Crippen LogP) is 5.14. The minimum atomic E-state index is -3.30. The van der Waals surface area contributed by atoms with Crippen LogP contribution in [0.2, 0.25) is 5.02 Å². The van der Waals surface area contributed by atoms with Crippen LogP contribution in [0.5, 0.6) is 5.75 Å². The van der Waals surface area contributed by atoms with Crippen LogP contribution in [-0.4, -0.2) is 32.7 Å². The Morgan fingerprint density at radius 2 is 1.73 bits per heavy atom. The van der Waals surface area contributed by atoms with Gasteiger partial charge in [0.15, 0.2) is 15.0 Å². The number of halogens is 1. The summed E-state index contributed by atoms with van der Waals surface area (Å²) in [7, 11) is -1.74. The molecule has 9 heteroatoms. The van der Waals surface area contributed by atoms with E-state index in [1.54, 1.807) is 36.3 Å². The Bertz CT molecular complexity index is 1400. The average molecular weight is 501 g/mol. The Morgan fingerprint density at radius 3 is 2.36 bits per heavy atom. The van der Waals surface area contributed by atoms with Crippen molar-refractivity contribution in [2.45, 2.75) is 17.9 Å². The van der Waals surface area contributed by atoms with Crippen LogP contribution in [0.3, 0.4) is 0 Å². The highest BCUT2D eigenvalue weighted by Crippen LogP contribution is 2.39. The van der Waals surface area contributed by atoms with Crippen molar-refractivity contribution in [2.24, 2.45) is 0 Å². The van der Waals surface area contributed by atoms with E-state index in [4.69, 9.17) is 16.3 Å². The number of methoxy groups -OCH3 is 1. The number of fused-ring (bicyclic) bond motifs is 1. The summed E-state index contributed by atoms with van der Waals surface area (Å²) in [5.41, 5.74) is 2.27. The highest BCUT2D eigenvalue weighted by atomic mass is 35.5. The first-order valence-electron chi connectivity index (χ1n) is 10.0. The van der Waals surface area contributed by atoms with E-state index < -0.39 is 9.84 Å². The van der Waals surface area contributed by atoms with Crippen molar-refractivity contribution in [2.75, 3.05) is 18.3 Å². The van der Waals surface area contributed by atoms with E-state index >= 15 is 0 Å². The molecule has 0 unspecified atom stereocenters. The lowest BCUT2D eigenvalue weighted by molar-refractivity contribution is -0.118. The molecule has 0 atom stereocenters. The number of thiazole rings is 1. The molecule has 0 aliphatic rings. The highest BCUT2D eigenvalue weighted by molar-refractivity contribution is 7.90. The molecule has 0 aliphatic carbocycles. The molecule has 0 aliphatic heterocycles. The summed E-state index contributed by atoms with van der Waals surface area (Å²) in [6.45, 7) is 0.334. The summed E-state index contributed by atoms with van der Waals surface area (Å²) in [6, 6.07) is 19.5. The van der Waals surface area contributed by atoms with Gasteiger partial charge in [0.25, 0.3) is 0 Å². The lowest BCUT2D eigenvalue weighted by Gasteiger charge is -2.20. The number of sulfone groups is 1. The third-order valence-electron chi connectivity index (χ3n) is 5.09. The molecule has 1 amide bonds. The first-order valence-corrected chi connectivity index (χ1v) is 13.1. The largest absolute Gasteiger partial charge is 0.494 e. The van der Waals surface area contributed by atoms with Crippen molar-refractivity contribution < 1.29 is 17.9 Å². The number of nitrogens with zero attached hydrogens (tertiary/aromatic N) is 2. The van der Waals surface area contributed by atoms with Gasteiger partial charge in [0.1, 0.15) is 11.3 Å². The summed E-state index contributed by atoms with van der Waals surface area (Å²) >= 11 is 7.72. The molecule has 4 rings (SSSR count). The Kier molecular flexibility index (Phi) is 6.69. The smallest absolute Gasteiger partial charge is 0.233 e. The van der Waals surface area contributed by atoms with Crippen LogP contribution in [0, 0.1) is 0 Å². The maximum absolute atomic E-state index is 13.4. The van der Waals surface area contributed by atoms with Gasteiger partial charge in [-0.2, -0.15) is 0 Å². The second-order valence-corrected chi connectivity index (χ2v) is 10.9. The monoisotopic (exact) mass is 500 g/mol. The third kappa shape index (κ3) is 5.19. The number of rotatable bonds is 7. The van der Waals surface area contributed by atoms with Gasteiger partial charge in [0.2, 0.25) is 5.91 Å². The number of hydrogen-bond acceptors (Lipinski definition) is 6. The van der Waals surface area contributed by atoms with Gasteiger partial charge in [0.05, 0.1) is 34.7 Å². The van der Waals surface area contributed by atoms with Gasteiger partial charge in [-0.15, -0.1) is 0 Å². The number of aromatic nitrogens is 1. The van der Waals surface area contributed by atoms with Crippen molar-refractivity contribution >= 4 is 54.0 Å².